The highest BCUT2D eigenvalue weighted by Gasteiger charge is 2.20. The molecule has 5 aromatic rings. The minimum Gasteiger partial charge on any atom is -0.493 e. The molecule has 0 aliphatic carbocycles. The van der Waals surface area contributed by atoms with Crippen LogP contribution in [0.4, 0.5) is 0 Å². The van der Waals surface area contributed by atoms with E-state index in [1.807, 2.05) is 24.3 Å². The van der Waals surface area contributed by atoms with E-state index in [1.165, 1.54) is 42.7 Å². The standard InChI is InChI=1S/C28H26N4O8/c1-33-19-11-17(12-20(34-2)23(19)37-5)27-31-29-25(39-27)15-8-7-9-16(10-15)26-30-32-28(40-26)18-13-21(35-3)24(38-6)22(14-18)36-4/h7-14H,1-6H3. The lowest BCUT2D eigenvalue weighted by molar-refractivity contribution is 0.324. The topological polar surface area (TPSA) is 133 Å². The Morgan fingerprint density at radius 1 is 0.425 bits per heavy atom. The van der Waals surface area contributed by atoms with Crippen molar-refractivity contribution in [1.82, 2.24) is 20.4 Å². The van der Waals surface area contributed by atoms with Crippen LogP contribution in [0.15, 0.2) is 57.4 Å². The van der Waals surface area contributed by atoms with E-state index in [0.29, 0.717) is 68.5 Å². The van der Waals surface area contributed by atoms with E-state index in [1.54, 1.807) is 24.3 Å². The SMILES string of the molecule is COc1cc(-c2nnc(-c3cccc(-c4nnc(-c5cc(OC)c(OC)c(OC)c5)o4)c3)o2)cc(OC)c1OC. The second kappa shape index (κ2) is 11.2. The molecule has 0 fully saturated rings. The fourth-order valence-electron chi connectivity index (χ4n) is 4.11. The monoisotopic (exact) mass is 546 g/mol. The van der Waals surface area contributed by atoms with Crippen LogP contribution >= 0.6 is 0 Å². The fourth-order valence-corrected chi connectivity index (χ4v) is 4.11. The summed E-state index contributed by atoms with van der Waals surface area (Å²) in [5.41, 5.74) is 2.54. The van der Waals surface area contributed by atoms with Crippen molar-refractivity contribution in [3.8, 4) is 80.3 Å². The van der Waals surface area contributed by atoms with Crippen LogP contribution < -0.4 is 28.4 Å². The van der Waals surface area contributed by atoms with Gasteiger partial charge < -0.3 is 37.3 Å². The van der Waals surface area contributed by atoms with Gasteiger partial charge in [0.25, 0.3) is 0 Å². The summed E-state index contributed by atoms with van der Waals surface area (Å²) < 4.78 is 44.5. The van der Waals surface area contributed by atoms with Crippen molar-refractivity contribution in [3.63, 3.8) is 0 Å². The van der Waals surface area contributed by atoms with Crippen LogP contribution in [0.5, 0.6) is 34.5 Å². The maximum atomic E-state index is 5.99. The Hall–Kier alpha value is -5.26. The Labute approximate surface area is 229 Å². The van der Waals surface area contributed by atoms with E-state index in [0.717, 1.165) is 0 Å². The van der Waals surface area contributed by atoms with Crippen molar-refractivity contribution < 1.29 is 37.3 Å². The number of benzene rings is 3. The van der Waals surface area contributed by atoms with E-state index >= 15 is 0 Å². The van der Waals surface area contributed by atoms with Crippen LogP contribution in [0.25, 0.3) is 45.8 Å². The van der Waals surface area contributed by atoms with Crippen molar-refractivity contribution in [3.05, 3.63) is 48.5 Å². The molecule has 5 rings (SSSR count). The molecule has 0 atom stereocenters. The summed E-state index contributed by atoms with van der Waals surface area (Å²) in [5, 5.41) is 16.9. The van der Waals surface area contributed by atoms with Crippen LogP contribution in [0.1, 0.15) is 0 Å². The van der Waals surface area contributed by atoms with Gasteiger partial charge in [-0.05, 0) is 42.5 Å². The van der Waals surface area contributed by atoms with E-state index in [-0.39, 0.29) is 11.8 Å². The molecule has 0 unspecified atom stereocenters. The number of rotatable bonds is 10. The Balaban J connectivity index is 1.45. The van der Waals surface area contributed by atoms with Gasteiger partial charge in [0.2, 0.25) is 35.1 Å². The Kier molecular flexibility index (Phi) is 7.40. The van der Waals surface area contributed by atoms with Crippen LogP contribution in [-0.4, -0.2) is 63.1 Å². The van der Waals surface area contributed by atoms with Gasteiger partial charge >= 0.3 is 0 Å². The zero-order valence-corrected chi connectivity index (χ0v) is 22.7. The average molecular weight is 547 g/mol. The second-order valence-electron chi connectivity index (χ2n) is 8.23. The highest BCUT2D eigenvalue weighted by Crippen LogP contribution is 2.42. The van der Waals surface area contributed by atoms with Gasteiger partial charge in [-0.2, -0.15) is 0 Å². The third-order valence-corrected chi connectivity index (χ3v) is 6.03. The molecule has 0 N–H and O–H groups in total. The molecule has 0 radical (unpaired) electrons. The molecule has 2 heterocycles. The molecule has 12 nitrogen and oxygen atoms in total. The average Bonchev–Trinajstić information content (AvgIpc) is 3.70. The van der Waals surface area contributed by atoms with Gasteiger partial charge in [0.1, 0.15) is 0 Å². The molecule has 3 aromatic carbocycles. The maximum Gasteiger partial charge on any atom is 0.248 e. The quantitative estimate of drug-likeness (QED) is 0.229. The van der Waals surface area contributed by atoms with Crippen molar-refractivity contribution in [2.45, 2.75) is 0 Å². The minimum absolute atomic E-state index is 0.280. The molecule has 0 amide bonds. The van der Waals surface area contributed by atoms with Gasteiger partial charge in [-0.3, -0.25) is 0 Å². The number of aromatic nitrogens is 4. The Bertz CT molecular complexity index is 1480. The largest absolute Gasteiger partial charge is 0.493 e. The van der Waals surface area contributed by atoms with Gasteiger partial charge in [0, 0.05) is 22.3 Å². The number of nitrogens with zero attached hydrogens (tertiary/aromatic N) is 4. The van der Waals surface area contributed by atoms with Crippen molar-refractivity contribution in [2.75, 3.05) is 42.7 Å². The lowest BCUT2D eigenvalue weighted by Crippen LogP contribution is -1.95. The molecular formula is C28H26N4O8. The summed E-state index contributed by atoms with van der Waals surface area (Å²) in [6, 6.07) is 14.3. The molecule has 0 aliphatic heterocycles. The molecule has 0 saturated carbocycles. The molecule has 206 valence electrons. The van der Waals surface area contributed by atoms with Crippen LogP contribution in [0.3, 0.4) is 0 Å². The second-order valence-corrected chi connectivity index (χ2v) is 8.23. The molecule has 0 aliphatic rings. The van der Waals surface area contributed by atoms with Crippen LogP contribution in [0, 0.1) is 0 Å². The van der Waals surface area contributed by atoms with E-state index in [2.05, 4.69) is 20.4 Å². The predicted molar refractivity (Wildman–Crippen MR) is 143 cm³/mol. The Morgan fingerprint density at radius 3 is 1.05 bits per heavy atom. The van der Waals surface area contributed by atoms with Gasteiger partial charge in [0.15, 0.2) is 23.0 Å². The van der Waals surface area contributed by atoms with Gasteiger partial charge in [-0.15, -0.1) is 20.4 Å². The van der Waals surface area contributed by atoms with Gasteiger partial charge in [-0.25, -0.2) is 0 Å². The lowest BCUT2D eigenvalue weighted by Gasteiger charge is -2.12. The highest BCUT2D eigenvalue weighted by molar-refractivity contribution is 5.70. The van der Waals surface area contributed by atoms with Crippen LogP contribution in [-0.2, 0) is 0 Å². The first-order chi connectivity index (χ1) is 19.5. The summed E-state index contributed by atoms with van der Waals surface area (Å²) in [4.78, 5) is 0. The first-order valence-electron chi connectivity index (χ1n) is 11.9. The number of hydrogen-bond donors (Lipinski definition) is 0. The van der Waals surface area contributed by atoms with Crippen molar-refractivity contribution >= 4 is 0 Å². The Morgan fingerprint density at radius 2 is 0.750 bits per heavy atom. The number of hydrogen-bond acceptors (Lipinski definition) is 12. The van der Waals surface area contributed by atoms with Crippen molar-refractivity contribution in [2.24, 2.45) is 0 Å². The summed E-state index contributed by atoms with van der Waals surface area (Å²) in [5.74, 6) is 3.97. The lowest BCUT2D eigenvalue weighted by atomic mass is 10.1. The molecular weight excluding hydrogens is 520 g/mol. The molecule has 0 bridgehead atoms. The predicted octanol–water partition coefficient (Wildman–Crippen LogP) is 5.17. The van der Waals surface area contributed by atoms with Crippen LogP contribution in [0.2, 0.25) is 0 Å². The fraction of sp³-hybridized carbons (Fsp3) is 0.214. The zero-order valence-electron chi connectivity index (χ0n) is 22.7. The minimum atomic E-state index is 0.280. The van der Waals surface area contributed by atoms with Crippen molar-refractivity contribution in [1.29, 1.82) is 0 Å². The van der Waals surface area contributed by atoms with E-state index in [9.17, 15) is 0 Å². The molecule has 40 heavy (non-hydrogen) atoms. The first kappa shape index (κ1) is 26.4. The zero-order chi connectivity index (χ0) is 28.2. The molecule has 0 spiro atoms. The third kappa shape index (κ3) is 4.82. The molecule has 2 aromatic heterocycles. The summed E-state index contributed by atoms with van der Waals surface area (Å²) in [6.07, 6.45) is 0. The van der Waals surface area contributed by atoms with E-state index in [4.69, 9.17) is 37.3 Å². The number of methoxy groups -OCH3 is 6. The number of ether oxygens (including phenoxy) is 6. The third-order valence-electron chi connectivity index (χ3n) is 6.03. The maximum absolute atomic E-state index is 5.99. The van der Waals surface area contributed by atoms with Gasteiger partial charge in [-0.1, -0.05) is 6.07 Å². The smallest absolute Gasteiger partial charge is 0.248 e. The van der Waals surface area contributed by atoms with Gasteiger partial charge in [0.05, 0.1) is 42.7 Å². The normalized spacial score (nSPS) is 10.8. The first-order valence-corrected chi connectivity index (χ1v) is 11.9. The molecule has 12 heteroatoms. The van der Waals surface area contributed by atoms with E-state index < -0.39 is 0 Å². The summed E-state index contributed by atoms with van der Waals surface area (Å²) in [6.45, 7) is 0. The summed E-state index contributed by atoms with van der Waals surface area (Å²) >= 11 is 0. The summed E-state index contributed by atoms with van der Waals surface area (Å²) in [7, 11) is 9.23. The molecule has 0 saturated heterocycles. The highest BCUT2D eigenvalue weighted by atomic mass is 16.5.